The quantitative estimate of drug-likeness (QED) is 0.874. The van der Waals surface area contributed by atoms with Crippen molar-refractivity contribution in [3.05, 3.63) is 16.3 Å². The van der Waals surface area contributed by atoms with E-state index in [-0.39, 0.29) is 6.04 Å². The van der Waals surface area contributed by atoms with Crippen molar-refractivity contribution in [3.8, 4) is 0 Å². The molecule has 0 bridgehead atoms. The minimum Gasteiger partial charge on any atom is -0.310 e. The Morgan fingerprint density at radius 1 is 1.33 bits per heavy atom. The molecule has 0 aliphatic rings. The summed E-state index contributed by atoms with van der Waals surface area (Å²) in [6.07, 6.45) is 0. The van der Waals surface area contributed by atoms with Crippen molar-refractivity contribution in [2.24, 2.45) is 0 Å². The molecule has 1 aromatic rings. The van der Waals surface area contributed by atoms with Crippen molar-refractivity contribution in [1.29, 1.82) is 0 Å². The van der Waals surface area contributed by atoms with Crippen LogP contribution < -0.4 is 5.32 Å². The number of nitrogens with one attached hydrogen (secondary N) is 1. The molecule has 0 aliphatic carbocycles. The fourth-order valence-corrected chi connectivity index (χ4v) is 4.15. The lowest BCUT2D eigenvalue weighted by Gasteiger charge is -2.21. The van der Waals surface area contributed by atoms with Crippen LogP contribution in [0.25, 0.3) is 0 Å². The largest absolute Gasteiger partial charge is 0.310 e. The molecule has 0 radical (unpaired) electrons. The maximum Gasteiger partial charge on any atom is 0.244 e. The maximum atomic E-state index is 12.4. The molecule has 0 aliphatic heterocycles. The molecule has 0 saturated heterocycles. The average molecular weight is 290 g/mol. The van der Waals surface area contributed by atoms with Gasteiger partial charge in [0.1, 0.15) is 0 Å². The van der Waals surface area contributed by atoms with E-state index < -0.39 is 10.0 Å². The number of hydrogen-bond acceptors (Lipinski definition) is 4. The van der Waals surface area contributed by atoms with Crippen LogP contribution in [0.15, 0.2) is 16.3 Å². The highest BCUT2D eigenvalue weighted by atomic mass is 32.2. The van der Waals surface area contributed by atoms with E-state index in [0.717, 1.165) is 4.88 Å². The van der Waals surface area contributed by atoms with Crippen LogP contribution in [0.5, 0.6) is 0 Å². The molecular formula is C12H22N2O2S2. The van der Waals surface area contributed by atoms with Gasteiger partial charge >= 0.3 is 0 Å². The zero-order valence-electron chi connectivity index (χ0n) is 11.6. The van der Waals surface area contributed by atoms with E-state index in [2.05, 4.69) is 5.32 Å². The fraction of sp³-hybridized carbons (Fsp3) is 0.667. The third kappa shape index (κ3) is 3.54. The predicted molar refractivity (Wildman–Crippen MR) is 76.4 cm³/mol. The van der Waals surface area contributed by atoms with Gasteiger partial charge in [0.25, 0.3) is 0 Å². The summed E-state index contributed by atoms with van der Waals surface area (Å²) in [5.41, 5.74) is 0. The number of hydrogen-bond donors (Lipinski definition) is 1. The first-order chi connectivity index (χ1) is 8.26. The standard InChI is InChI=1S/C12H22N2O2S2/c1-9(2)13-8-11-12(6-7-17-11)18(15,16)14(5)10(3)4/h6-7,9-10,13H,8H2,1-5H3. The number of rotatable bonds is 6. The van der Waals surface area contributed by atoms with E-state index in [0.29, 0.717) is 17.5 Å². The Kier molecular flexibility index (Phi) is 5.33. The monoisotopic (exact) mass is 290 g/mol. The molecule has 1 rings (SSSR count). The summed E-state index contributed by atoms with van der Waals surface area (Å²) in [4.78, 5) is 1.30. The Morgan fingerprint density at radius 2 is 1.94 bits per heavy atom. The maximum absolute atomic E-state index is 12.4. The molecule has 6 heteroatoms. The summed E-state index contributed by atoms with van der Waals surface area (Å²) in [6, 6.07) is 1.99. The summed E-state index contributed by atoms with van der Waals surface area (Å²) >= 11 is 1.48. The van der Waals surface area contributed by atoms with Gasteiger partial charge in [-0.05, 0) is 25.3 Å². The first-order valence-corrected chi connectivity index (χ1v) is 8.36. The zero-order valence-corrected chi connectivity index (χ0v) is 13.2. The van der Waals surface area contributed by atoms with Crippen LogP contribution in [-0.2, 0) is 16.6 Å². The highest BCUT2D eigenvalue weighted by molar-refractivity contribution is 7.89. The molecule has 1 heterocycles. The Hall–Kier alpha value is -0.430. The molecule has 0 fully saturated rings. The average Bonchev–Trinajstić information content (AvgIpc) is 2.73. The van der Waals surface area contributed by atoms with Crippen molar-refractivity contribution >= 4 is 21.4 Å². The number of thiophene rings is 1. The molecule has 18 heavy (non-hydrogen) atoms. The summed E-state index contributed by atoms with van der Waals surface area (Å²) in [7, 11) is -1.75. The van der Waals surface area contributed by atoms with Gasteiger partial charge in [-0.1, -0.05) is 13.8 Å². The van der Waals surface area contributed by atoms with E-state index in [9.17, 15) is 8.42 Å². The second kappa shape index (κ2) is 6.14. The van der Waals surface area contributed by atoms with Crippen molar-refractivity contribution in [3.63, 3.8) is 0 Å². The van der Waals surface area contributed by atoms with Gasteiger partial charge in [0.05, 0.1) is 4.90 Å². The molecule has 1 N–H and O–H groups in total. The van der Waals surface area contributed by atoms with Crippen LogP contribution in [0, 0.1) is 0 Å². The van der Waals surface area contributed by atoms with E-state index >= 15 is 0 Å². The van der Waals surface area contributed by atoms with Gasteiger partial charge in [-0.2, -0.15) is 4.31 Å². The van der Waals surface area contributed by atoms with Crippen LogP contribution >= 0.6 is 11.3 Å². The van der Waals surface area contributed by atoms with Crippen LogP contribution in [0.3, 0.4) is 0 Å². The molecule has 0 saturated carbocycles. The number of sulfonamides is 1. The zero-order chi connectivity index (χ0) is 13.9. The molecule has 0 unspecified atom stereocenters. The second-order valence-electron chi connectivity index (χ2n) is 4.86. The van der Waals surface area contributed by atoms with E-state index in [1.54, 1.807) is 13.1 Å². The lowest BCUT2D eigenvalue weighted by atomic mass is 10.4. The van der Waals surface area contributed by atoms with Gasteiger partial charge in [0.2, 0.25) is 10.0 Å². The van der Waals surface area contributed by atoms with Gasteiger partial charge in [-0.3, -0.25) is 0 Å². The normalized spacial score (nSPS) is 12.9. The fourth-order valence-electron chi connectivity index (χ4n) is 1.42. The first-order valence-electron chi connectivity index (χ1n) is 6.04. The second-order valence-corrected chi connectivity index (χ2v) is 7.83. The highest BCUT2D eigenvalue weighted by Gasteiger charge is 2.26. The predicted octanol–water partition coefficient (Wildman–Crippen LogP) is 2.28. The van der Waals surface area contributed by atoms with E-state index in [1.165, 1.54) is 15.6 Å². The third-order valence-electron chi connectivity index (χ3n) is 2.76. The lowest BCUT2D eigenvalue weighted by Crippen LogP contribution is -2.33. The van der Waals surface area contributed by atoms with Gasteiger partial charge in [-0.15, -0.1) is 11.3 Å². The van der Waals surface area contributed by atoms with Crippen LogP contribution in [-0.4, -0.2) is 31.9 Å². The van der Waals surface area contributed by atoms with Crippen molar-refractivity contribution in [2.45, 2.75) is 51.2 Å². The van der Waals surface area contributed by atoms with Crippen molar-refractivity contribution < 1.29 is 8.42 Å². The van der Waals surface area contributed by atoms with Gasteiger partial charge in [0, 0.05) is 30.6 Å². The van der Waals surface area contributed by atoms with Crippen molar-refractivity contribution in [1.82, 2.24) is 9.62 Å². The first kappa shape index (κ1) is 15.6. The highest BCUT2D eigenvalue weighted by Crippen LogP contribution is 2.25. The third-order valence-corrected chi connectivity index (χ3v) is 5.93. The SMILES string of the molecule is CC(C)NCc1sccc1S(=O)(=O)N(C)C(C)C. The van der Waals surface area contributed by atoms with Crippen LogP contribution in [0.2, 0.25) is 0 Å². The summed E-state index contributed by atoms with van der Waals surface area (Å²) in [5.74, 6) is 0. The van der Waals surface area contributed by atoms with Crippen LogP contribution in [0.1, 0.15) is 32.6 Å². The smallest absolute Gasteiger partial charge is 0.244 e. The Bertz CT molecular complexity index is 478. The number of nitrogens with zero attached hydrogens (tertiary/aromatic N) is 1. The van der Waals surface area contributed by atoms with Crippen LogP contribution in [0.4, 0.5) is 0 Å². The Labute approximate surface area is 114 Å². The molecule has 0 aromatic carbocycles. The molecule has 4 nitrogen and oxygen atoms in total. The topological polar surface area (TPSA) is 49.4 Å². The molecule has 0 atom stereocenters. The van der Waals surface area contributed by atoms with E-state index in [1.807, 2.05) is 33.1 Å². The Morgan fingerprint density at radius 3 is 2.44 bits per heavy atom. The minimum atomic E-state index is -3.37. The van der Waals surface area contributed by atoms with Gasteiger partial charge in [-0.25, -0.2) is 8.42 Å². The summed E-state index contributed by atoms with van der Waals surface area (Å²) in [6.45, 7) is 8.42. The molecule has 1 aromatic heterocycles. The molecule has 104 valence electrons. The lowest BCUT2D eigenvalue weighted by molar-refractivity contribution is 0.410. The van der Waals surface area contributed by atoms with Gasteiger partial charge < -0.3 is 5.32 Å². The Balaban J connectivity index is 3.00. The summed E-state index contributed by atoms with van der Waals surface area (Å²) < 4.78 is 26.2. The molecule has 0 spiro atoms. The minimum absolute atomic E-state index is 0.0409. The summed E-state index contributed by atoms with van der Waals surface area (Å²) in [5, 5.41) is 5.09. The van der Waals surface area contributed by atoms with Gasteiger partial charge in [0.15, 0.2) is 0 Å². The van der Waals surface area contributed by atoms with Crippen molar-refractivity contribution in [2.75, 3.05) is 7.05 Å². The van der Waals surface area contributed by atoms with E-state index in [4.69, 9.17) is 0 Å². The molecule has 0 amide bonds. The molecular weight excluding hydrogens is 268 g/mol.